The molecule has 2 aromatic heterocycles. The Morgan fingerprint density at radius 2 is 1.60 bits per heavy atom. The van der Waals surface area contributed by atoms with Crippen molar-refractivity contribution in [3.63, 3.8) is 0 Å². The largest absolute Gasteiger partial charge is 0.383 e. The number of benzene rings is 2. The van der Waals surface area contributed by atoms with E-state index in [2.05, 4.69) is 55.1 Å². The molecule has 0 spiro atoms. The van der Waals surface area contributed by atoms with Crippen LogP contribution in [0, 0.1) is 0 Å². The van der Waals surface area contributed by atoms with Crippen LogP contribution in [0.15, 0.2) is 54.6 Å². The van der Waals surface area contributed by atoms with Crippen molar-refractivity contribution in [1.82, 2.24) is 19.7 Å². The van der Waals surface area contributed by atoms with Gasteiger partial charge in [0.15, 0.2) is 5.65 Å². The fourth-order valence-electron chi connectivity index (χ4n) is 4.06. The van der Waals surface area contributed by atoms with E-state index in [1.54, 1.807) is 4.68 Å². The molecule has 30 heavy (non-hydrogen) atoms. The topological polar surface area (TPSA) is 72.9 Å². The third-order valence-electron chi connectivity index (χ3n) is 5.80. The summed E-state index contributed by atoms with van der Waals surface area (Å²) in [5.41, 5.74) is 11.3. The molecule has 0 saturated carbocycles. The van der Waals surface area contributed by atoms with Gasteiger partial charge in [0.2, 0.25) is 5.95 Å². The third-order valence-corrected chi connectivity index (χ3v) is 5.80. The summed E-state index contributed by atoms with van der Waals surface area (Å²) < 4.78 is 1.78. The molecular formula is C24H26N6. The zero-order chi connectivity index (χ0) is 20.7. The van der Waals surface area contributed by atoms with Gasteiger partial charge in [-0.2, -0.15) is 4.98 Å². The molecule has 1 saturated heterocycles. The van der Waals surface area contributed by atoms with E-state index >= 15 is 0 Å². The normalized spacial score (nSPS) is 14.2. The van der Waals surface area contributed by atoms with Crippen molar-refractivity contribution in [1.29, 1.82) is 0 Å². The highest BCUT2D eigenvalue weighted by Gasteiger charge is 2.22. The second-order valence-electron chi connectivity index (χ2n) is 8.17. The molecule has 0 atom stereocenters. The summed E-state index contributed by atoms with van der Waals surface area (Å²) in [6, 6.07) is 18.5. The van der Waals surface area contributed by atoms with Crippen LogP contribution < -0.4 is 10.6 Å². The molecule has 3 heterocycles. The first-order valence-electron chi connectivity index (χ1n) is 10.6. The van der Waals surface area contributed by atoms with Gasteiger partial charge in [-0.25, -0.2) is 9.67 Å². The van der Waals surface area contributed by atoms with Crippen LogP contribution in [0.3, 0.4) is 0 Å². The van der Waals surface area contributed by atoms with Gasteiger partial charge < -0.3 is 10.6 Å². The van der Waals surface area contributed by atoms with E-state index in [1.807, 2.05) is 18.2 Å². The number of nitrogens with zero attached hydrogens (tertiary/aromatic N) is 5. The van der Waals surface area contributed by atoms with Gasteiger partial charge >= 0.3 is 0 Å². The number of fused-ring (bicyclic) bond motifs is 1. The number of hydrogen-bond acceptors (Lipinski definition) is 5. The molecule has 0 bridgehead atoms. The van der Waals surface area contributed by atoms with E-state index in [-0.39, 0.29) is 0 Å². The summed E-state index contributed by atoms with van der Waals surface area (Å²) in [6.07, 6.45) is 2.34. The molecule has 0 amide bonds. The van der Waals surface area contributed by atoms with Gasteiger partial charge in [0.05, 0.1) is 16.8 Å². The van der Waals surface area contributed by atoms with Gasteiger partial charge in [-0.1, -0.05) is 56.3 Å². The van der Waals surface area contributed by atoms with Crippen molar-refractivity contribution >= 4 is 22.8 Å². The van der Waals surface area contributed by atoms with Gasteiger partial charge in [0.25, 0.3) is 0 Å². The summed E-state index contributed by atoms with van der Waals surface area (Å²) in [5, 5.41) is 5.59. The molecule has 6 nitrogen and oxygen atoms in total. The Morgan fingerprint density at radius 3 is 2.27 bits per heavy atom. The zero-order valence-corrected chi connectivity index (χ0v) is 17.4. The fourth-order valence-corrected chi connectivity index (χ4v) is 4.06. The fraction of sp³-hybridized carbons (Fsp3) is 0.292. The van der Waals surface area contributed by atoms with Gasteiger partial charge in [0, 0.05) is 18.7 Å². The van der Waals surface area contributed by atoms with Crippen molar-refractivity contribution in [3.8, 4) is 16.9 Å². The Bertz CT molecular complexity index is 1170. The second kappa shape index (κ2) is 7.44. The maximum atomic E-state index is 6.62. The van der Waals surface area contributed by atoms with Crippen LogP contribution in [-0.2, 0) is 0 Å². The second-order valence-corrected chi connectivity index (χ2v) is 8.17. The highest BCUT2D eigenvalue weighted by atomic mass is 15.4. The molecule has 1 fully saturated rings. The number of hydrogen-bond donors (Lipinski definition) is 1. The Balaban J connectivity index is 1.70. The highest BCUT2D eigenvalue weighted by molar-refractivity contribution is 5.99. The summed E-state index contributed by atoms with van der Waals surface area (Å²) in [7, 11) is 0. The van der Waals surface area contributed by atoms with Crippen LogP contribution in [0.4, 0.5) is 11.8 Å². The number of nitrogens with two attached hydrogens (primary N) is 1. The maximum absolute atomic E-state index is 6.62. The number of anilines is 2. The van der Waals surface area contributed by atoms with Crippen molar-refractivity contribution in [2.75, 3.05) is 23.7 Å². The minimum absolute atomic E-state index is 0.478. The Kier molecular flexibility index (Phi) is 4.62. The first-order chi connectivity index (χ1) is 14.6. The van der Waals surface area contributed by atoms with E-state index < -0.39 is 0 Å². The molecule has 4 aromatic rings. The third kappa shape index (κ3) is 3.18. The van der Waals surface area contributed by atoms with Crippen molar-refractivity contribution in [2.45, 2.75) is 32.6 Å². The Hall–Kier alpha value is -3.41. The summed E-state index contributed by atoms with van der Waals surface area (Å²) in [4.78, 5) is 12.0. The molecule has 1 aliphatic rings. The monoisotopic (exact) mass is 398 g/mol. The molecule has 2 aromatic carbocycles. The van der Waals surface area contributed by atoms with Crippen LogP contribution in [0.1, 0.15) is 38.2 Å². The SMILES string of the molecule is CC(C)c1ccc(-n2nc3nc(N4CCCC4)nc(-c4ccccc4)c3c2N)cc1. The molecule has 5 rings (SSSR count). The maximum Gasteiger partial charge on any atom is 0.228 e. The molecule has 2 N–H and O–H groups in total. The highest BCUT2D eigenvalue weighted by Crippen LogP contribution is 2.34. The zero-order valence-electron chi connectivity index (χ0n) is 17.4. The molecule has 0 unspecified atom stereocenters. The van der Waals surface area contributed by atoms with E-state index in [9.17, 15) is 0 Å². The quantitative estimate of drug-likeness (QED) is 0.535. The summed E-state index contributed by atoms with van der Waals surface area (Å²) >= 11 is 0. The van der Waals surface area contributed by atoms with E-state index in [4.69, 9.17) is 20.8 Å². The molecular weight excluding hydrogens is 372 g/mol. The van der Waals surface area contributed by atoms with Gasteiger partial charge in [-0.05, 0) is 36.5 Å². The minimum Gasteiger partial charge on any atom is -0.383 e. The summed E-state index contributed by atoms with van der Waals surface area (Å²) in [6.45, 7) is 6.33. The summed E-state index contributed by atoms with van der Waals surface area (Å²) in [5.74, 6) is 1.78. The van der Waals surface area contributed by atoms with Crippen LogP contribution >= 0.6 is 0 Å². The minimum atomic E-state index is 0.478. The van der Waals surface area contributed by atoms with Crippen molar-refractivity contribution in [2.24, 2.45) is 0 Å². The lowest BCUT2D eigenvalue weighted by molar-refractivity contribution is 0.857. The van der Waals surface area contributed by atoms with Gasteiger partial charge in [-0.3, -0.25) is 0 Å². The van der Waals surface area contributed by atoms with Crippen LogP contribution in [-0.4, -0.2) is 32.8 Å². The van der Waals surface area contributed by atoms with E-state index in [0.29, 0.717) is 17.4 Å². The predicted molar refractivity (Wildman–Crippen MR) is 122 cm³/mol. The standard InChI is InChI=1S/C24H26N6/c1-16(2)17-10-12-19(13-11-17)30-22(25)20-21(18-8-4-3-5-9-18)26-24(27-23(20)28-30)29-14-6-7-15-29/h3-5,8-13,16H,6-7,14-15,25H2,1-2H3. The molecule has 152 valence electrons. The van der Waals surface area contributed by atoms with Crippen LogP contribution in [0.5, 0.6) is 0 Å². The number of rotatable bonds is 4. The lowest BCUT2D eigenvalue weighted by atomic mass is 10.0. The Labute approximate surface area is 176 Å². The van der Waals surface area contributed by atoms with Gasteiger partial charge in [-0.15, -0.1) is 5.10 Å². The van der Waals surface area contributed by atoms with Crippen LogP contribution in [0.2, 0.25) is 0 Å². The lowest BCUT2D eigenvalue weighted by Gasteiger charge is -2.16. The number of aromatic nitrogens is 4. The van der Waals surface area contributed by atoms with Crippen LogP contribution in [0.25, 0.3) is 28.0 Å². The van der Waals surface area contributed by atoms with Crippen molar-refractivity contribution < 1.29 is 0 Å². The van der Waals surface area contributed by atoms with E-state index in [0.717, 1.165) is 41.4 Å². The molecule has 0 aliphatic carbocycles. The average molecular weight is 399 g/mol. The first kappa shape index (κ1) is 18.6. The van der Waals surface area contributed by atoms with Gasteiger partial charge in [0.1, 0.15) is 5.82 Å². The first-order valence-corrected chi connectivity index (χ1v) is 10.6. The molecule has 1 aliphatic heterocycles. The molecule has 6 heteroatoms. The van der Waals surface area contributed by atoms with Crippen molar-refractivity contribution in [3.05, 3.63) is 60.2 Å². The molecule has 0 radical (unpaired) electrons. The Morgan fingerprint density at radius 1 is 0.900 bits per heavy atom. The lowest BCUT2D eigenvalue weighted by Crippen LogP contribution is -2.20. The smallest absolute Gasteiger partial charge is 0.228 e. The number of nitrogen functional groups attached to an aromatic ring is 1. The average Bonchev–Trinajstić information content (AvgIpc) is 3.42. The van der Waals surface area contributed by atoms with E-state index in [1.165, 1.54) is 18.4 Å². The predicted octanol–water partition coefficient (Wildman–Crippen LogP) is 4.79.